The van der Waals surface area contributed by atoms with Crippen LogP contribution in [0.15, 0.2) is 60.9 Å². The number of ether oxygens (including phenoxy) is 1. The Morgan fingerprint density at radius 1 is 1.17 bits per heavy atom. The molecule has 0 bridgehead atoms. The lowest BCUT2D eigenvalue weighted by molar-refractivity contribution is 0.206. The predicted octanol–water partition coefficient (Wildman–Crippen LogP) is 6.77. The molecule has 0 saturated heterocycles. The second kappa shape index (κ2) is 10.2. The first-order chi connectivity index (χ1) is 17.3. The molecule has 188 valence electrons. The van der Waals surface area contributed by atoms with Crippen LogP contribution >= 0.6 is 19.3 Å². The number of hydrogen-bond donors (Lipinski definition) is 1. The quantitative estimate of drug-likeness (QED) is 0.240. The number of aromatic nitrogens is 3. The van der Waals surface area contributed by atoms with Crippen LogP contribution in [0.5, 0.6) is 11.5 Å². The van der Waals surface area contributed by atoms with Crippen LogP contribution in [0, 0.1) is 0 Å². The van der Waals surface area contributed by atoms with Crippen molar-refractivity contribution in [1.82, 2.24) is 14.4 Å². The monoisotopic (exact) mass is 526 g/mol. The summed E-state index contributed by atoms with van der Waals surface area (Å²) in [6.07, 6.45) is 6.59. The SMILES string of the molecule is CC(C)OP(N)(=O)Oc1ccc(-c2nc(C3CCC3)n3ccnc(Cl)c23)cc1OCc1ccccc1. The summed E-state index contributed by atoms with van der Waals surface area (Å²) < 4.78 is 31.8. The third-order valence-corrected chi connectivity index (χ3v) is 7.49. The summed E-state index contributed by atoms with van der Waals surface area (Å²) in [6, 6.07) is 15.0. The zero-order valence-electron chi connectivity index (χ0n) is 20.1. The van der Waals surface area contributed by atoms with Crippen molar-refractivity contribution >= 4 is 24.9 Å². The molecule has 1 aliphatic carbocycles. The van der Waals surface area contributed by atoms with Crippen molar-refractivity contribution in [2.45, 2.75) is 51.7 Å². The summed E-state index contributed by atoms with van der Waals surface area (Å²) in [5.41, 5.74) is 9.00. The number of fused-ring (bicyclic) bond motifs is 1. The summed E-state index contributed by atoms with van der Waals surface area (Å²) in [5, 5.41) is 0.370. The molecule has 10 heteroatoms. The van der Waals surface area contributed by atoms with Crippen molar-refractivity contribution in [2.75, 3.05) is 0 Å². The van der Waals surface area contributed by atoms with Crippen molar-refractivity contribution in [3.05, 3.63) is 77.5 Å². The van der Waals surface area contributed by atoms with E-state index in [2.05, 4.69) is 4.98 Å². The second-order valence-corrected chi connectivity index (χ2v) is 10.9. The molecule has 2 heterocycles. The molecule has 2 aromatic carbocycles. The summed E-state index contributed by atoms with van der Waals surface area (Å²) >= 11 is 6.54. The molecule has 8 nitrogen and oxygen atoms in total. The lowest BCUT2D eigenvalue weighted by atomic mass is 9.85. The van der Waals surface area contributed by atoms with Crippen LogP contribution in [0.3, 0.4) is 0 Å². The van der Waals surface area contributed by atoms with Gasteiger partial charge in [-0.2, -0.15) is 0 Å². The van der Waals surface area contributed by atoms with Crippen LogP contribution in [0.4, 0.5) is 0 Å². The molecule has 5 rings (SSSR count). The lowest BCUT2D eigenvalue weighted by Gasteiger charge is -2.23. The average molecular weight is 527 g/mol. The van der Waals surface area contributed by atoms with Crippen LogP contribution in [-0.2, 0) is 15.7 Å². The standard InChI is InChI=1S/C26H28ClN4O4P/c1-17(2)34-36(28,32)35-21-12-11-20(15-22(21)33-16-18-7-4-3-5-8-18)23-24-25(27)29-13-14-31(24)26(30-23)19-9-6-10-19/h3-5,7-8,11-15,17,19H,6,9-10,16H2,1-2H3,(H2,28,32). The zero-order valence-corrected chi connectivity index (χ0v) is 21.8. The first-order valence-corrected chi connectivity index (χ1v) is 13.9. The van der Waals surface area contributed by atoms with Gasteiger partial charge in [-0.1, -0.05) is 48.4 Å². The highest BCUT2D eigenvalue weighted by Crippen LogP contribution is 2.46. The maximum atomic E-state index is 12.7. The van der Waals surface area contributed by atoms with E-state index in [4.69, 9.17) is 35.9 Å². The van der Waals surface area contributed by atoms with Gasteiger partial charge in [0.1, 0.15) is 17.9 Å². The fourth-order valence-electron chi connectivity index (χ4n) is 4.21. The summed E-state index contributed by atoms with van der Waals surface area (Å²) in [6.45, 7) is 3.75. The number of nitrogens with zero attached hydrogens (tertiary/aromatic N) is 3. The minimum absolute atomic E-state index is 0.216. The summed E-state index contributed by atoms with van der Waals surface area (Å²) in [4.78, 5) is 9.26. The van der Waals surface area contributed by atoms with Gasteiger partial charge in [0, 0.05) is 23.9 Å². The van der Waals surface area contributed by atoms with E-state index in [1.54, 1.807) is 32.2 Å². The smallest absolute Gasteiger partial charge is 0.456 e. The van der Waals surface area contributed by atoms with Crippen LogP contribution in [0.25, 0.3) is 16.8 Å². The van der Waals surface area contributed by atoms with E-state index >= 15 is 0 Å². The lowest BCUT2D eigenvalue weighted by Crippen LogP contribution is -2.12. The molecule has 2 N–H and O–H groups in total. The Morgan fingerprint density at radius 3 is 2.64 bits per heavy atom. The minimum Gasteiger partial charge on any atom is -0.485 e. The van der Waals surface area contributed by atoms with Crippen molar-refractivity contribution in [1.29, 1.82) is 0 Å². The predicted molar refractivity (Wildman–Crippen MR) is 139 cm³/mol. The van der Waals surface area contributed by atoms with E-state index < -0.39 is 7.75 Å². The fraction of sp³-hybridized carbons (Fsp3) is 0.308. The topological polar surface area (TPSA) is 101 Å². The van der Waals surface area contributed by atoms with E-state index in [1.807, 2.05) is 47.0 Å². The van der Waals surface area contributed by atoms with Crippen molar-refractivity contribution in [3.63, 3.8) is 0 Å². The highest BCUT2D eigenvalue weighted by atomic mass is 35.5. The molecule has 0 radical (unpaired) electrons. The number of halogens is 1. The second-order valence-electron chi connectivity index (χ2n) is 9.10. The highest BCUT2D eigenvalue weighted by molar-refractivity contribution is 7.51. The third-order valence-electron chi connectivity index (χ3n) is 6.05. The van der Waals surface area contributed by atoms with Gasteiger partial charge in [-0.15, -0.1) is 0 Å². The molecule has 2 aromatic heterocycles. The van der Waals surface area contributed by atoms with E-state index in [9.17, 15) is 4.57 Å². The number of benzene rings is 2. The molecular weight excluding hydrogens is 499 g/mol. The van der Waals surface area contributed by atoms with Crippen molar-refractivity contribution < 1.29 is 18.3 Å². The van der Waals surface area contributed by atoms with E-state index in [0.29, 0.717) is 22.5 Å². The summed E-state index contributed by atoms with van der Waals surface area (Å²) in [5.74, 6) is 1.94. The van der Waals surface area contributed by atoms with Gasteiger partial charge in [0.25, 0.3) is 0 Å². The van der Waals surface area contributed by atoms with E-state index in [0.717, 1.165) is 35.3 Å². The van der Waals surface area contributed by atoms with Crippen molar-refractivity contribution in [2.24, 2.45) is 5.50 Å². The molecule has 1 atom stereocenters. The zero-order chi connectivity index (χ0) is 25.3. The molecule has 1 fully saturated rings. The normalized spacial score (nSPS) is 15.6. The number of hydrogen-bond acceptors (Lipinski definition) is 6. The number of imidazole rings is 1. The van der Waals surface area contributed by atoms with E-state index in [-0.39, 0.29) is 18.5 Å². The molecule has 1 aliphatic rings. The Balaban J connectivity index is 1.56. The van der Waals surface area contributed by atoms with Crippen LogP contribution < -0.4 is 14.8 Å². The Bertz CT molecular complexity index is 1420. The van der Waals surface area contributed by atoms with E-state index in [1.165, 1.54) is 6.42 Å². The van der Waals surface area contributed by atoms with Crippen LogP contribution in [-0.4, -0.2) is 20.5 Å². The Kier molecular flexibility index (Phi) is 7.04. The summed E-state index contributed by atoms with van der Waals surface area (Å²) in [7, 11) is -3.86. The Morgan fingerprint density at radius 2 is 1.94 bits per heavy atom. The van der Waals surface area contributed by atoms with Gasteiger partial charge in [-0.3, -0.25) is 8.92 Å². The molecule has 36 heavy (non-hydrogen) atoms. The van der Waals surface area contributed by atoms with Crippen LogP contribution in [0.2, 0.25) is 5.15 Å². The molecule has 0 spiro atoms. The molecule has 1 saturated carbocycles. The fourth-order valence-corrected chi connectivity index (χ4v) is 5.50. The number of nitrogens with two attached hydrogens (primary N) is 1. The third kappa shape index (κ3) is 5.27. The van der Waals surface area contributed by atoms with Gasteiger partial charge in [0.2, 0.25) is 0 Å². The maximum Gasteiger partial charge on any atom is 0.456 e. The van der Waals surface area contributed by atoms with Crippen molar-refractivity contribution in [3.8, 4) is 22.8 Å². The van der Waals surface area contributed by atoms with Gasteiger partial charge < -0.3 is 9.26 Å². The number of rotatable bonds is 9. The Labute approximate surface area is 215 Å². The average Bonchev–Trinajstić information content (AvgIpc) is 3.17. The van der Waals surface area contributed by atoms with Gasteiger partial charge in [-0.05, 0) is 50.5 Å². The highest BCUT2D eigenvalue weighted by Gasteiger charge is 2.28. The first-order valence-electron chi connectivity index (χ1n) is 11.9. The minimum atomic E-state index is -3.86. The molecule has 0 amide bonds. The van der Waals surface area contributed by atoms with Gasteiger partial charge >= 0.3 is 7.75 Å². The molecular formula is C26H28ClN4O4P. The van der Waals surface area contributed by atoms with Gasteiger partial charge in [0.05, 0.1) is 11.8 Å². The largest absolute Gasteiger partial charge is 0.485 e. The Hall–Kier alpha value is -2.90. The van der Waals surface area contributed by atoms with Crippen LogP contribution in [0.1, 0.15) is 50.4 Å². The maximum absolute atomic E-state index is 12.7. The molecule has 1 unspecified atom stereocenters. The van der Waals surface area contributed by atoms with Gasteiger partial charge in [-0.25, -0.2) is 20.0 Å². The first kappa shape index (κ1) is 24.8. The molecule has 0 aliphatic heterocycles. The van der Waals surface area contributed by atoms with Gasteiger partial charge in [0.15, 0.2) is 16.7 Å². The molecule has 4 aromatic rings.